The first-order valence-electron chi connectivity index (χ1n) is 7.60. The molecule has 23 heavy (non-hydrogen) atoms. The molecule has 0 bridgehead atoms. The van der Waals surface area contributed by atoms with Gasteiger partial charge in [-0.2, -0.15) is 5.10 Å². The molecule has 1 aliphatic heterocycles. The summed E-state index contributed by atoms with van der Waals surface area (Å²) < 4.78 is 6.87. The summed E-state index contributed by atoms with van der Waals surface area (Å²) in [5, 5.41) is 4.02. The molecule has 2 heterocycles. The number of esters is 1. The normalized spacial score (nSPS) is 15.4. The smallest absolute Gasteiger partial charge is 0.338 e. The van der Waals surface area contributed by atoms with Crippen LogP contribution in [0.15, 0.2) is 36.9 Å². The van der Waals surface area contributed by atoms with E-state index in [0.717, 1.165) is 31.6 Å². The lowest BCUT2D eigenvalue weighted by atomic mass is 10.2. The first kappa shape index (κ1) is 15.2. The van der Waals surface area contributed by atoms with Crippen molar-refractivity contribution in [2.24, 2.45) is 0 Å². The number of hydrogen-bond acceptors (Lipinski definition) is 5. The van der Waals surface area contributed by atoms with Crippen LogP contribution in [0.2, 0.25) is 0 Å². The molecular formula is C16H18N4O3. The highest BCUT2D eigenvalue weighted by molar-refractivity contribution is 5.92. The molecular weight excluding hydrogens is 296 g/mol. The monoisotopic (exact) mass is 314 g/mol. The second-order valence-corrected chi connectivity index (χ2v) is 5.47. The van der Waals surface area contributed by atoms with Gasteiger partial charge in [0.05, 0.1) is 11.3 Å². The lowest BCUT2D eigenvalue weighted by Gasteiger charge is -2.20. The summed E-state index contributed by atoms with van der Waals surface area (Å²) >= 11 is 0. The van der Waals surface area contributed by atoms with Gasteiger partial charge in [0.1, 0.15) is 12.7 Å². The summed E-state index contributed by atoms with van der Waals surface area (Å²) in [4.78, 5) is 29.9. The average Bonchev–Trinajstić information content (AvgIpc) is 3.27. The van der Waals surface area contributed by atoms with E-state index < -0.39 is 12.1 Å². The first-order chi connectivity index (χ1) is 11.1. The van der Waals surface area contributed by atoms with Crippen molar-refractivity contribution in [3.05, 3.63) is 42.5 Å². The van der Waals surface area contributed by atoms with Crippen LogP contribution in [0.4, 0.5) is 0 Å². The van der Waals surface area contributed by atoms with Gasteiger partial charge in [0.2, 0.25) is 0 Å². The van der Waals surface area contributed by atoms with Crippen molar-refractivity contribution in [2.75, 3.05) is 13.1 Å². The van der Waals surface area contributed by atoms with Crippen LogP contribution < -0.4 is 0 Å². The van der Waals surface area contributed by atoms with E-state index >= 15 is 0 Å². The van der Waals surface area contributed by atoms with Gasteiger partial charge in [-0.15, -0.1) is 0 Å². The Labute approximate surface area is 133 Å². The van der Waals surface area contributed by atoms with Crippen LogP contribution in [0, 0.1) is 0 Å². The van der Waals surface area contributed by atoms with Gasteiger partial charge in [0.25, 0.3) is 5.91 Å². The molecule has 0 aliphatic carbocycles. The van der Waals surface area contributed by atoms with Crippen molar-refractivity contribution < 1.29 is 14.3 Å². The predicted octanol–water partition coefficient (Wildman–Crippen LogP) is 1.43. The quantitative estimate of drug-likeness (QED) is 0.798. The number of carbonyl (C=O) groups excluding carboxylic acids is 2. The van der Waals surface area contributed by atoms with E-state index in [9.17, 15) is 9.59 Å². The van der Waals surface area contributed by atoms with Gasteiger partial charge in [0, 0.05) is 13.1 Å². The van der Waals surface area contributed by atoms with Crippen LogP contribution in [0.1, 0.15) is 30.1 Å². The number of amides is 1. The Morgan fingerprint density at radius 1 is 1.17 bits per heavy atom. The van der Waals surface area contributed by atoms with Gasteiger partial charge < -0.3 is 9.64 Å². The lowest BCUT2D eigenvalue weighted by molar-refractivity contribution is -0.138. The van der Waals surface area contributed by atoms with E-state index in [4.69, 9.17) is 4.74 Å². The molecule has 1 atom stereocenters. The molecule has 1 saturated heterocycles. The Morgan fingerprint density at radius 3 is 2.48 bits per heavy atom. The summed E-state index contributed by atoms with van der Waals surface area (Å²) in [6.07, 6.45) is 4.26. The van der Waals surface area contributed by atoms with Crippen molar-refractivity contribution in [3.8, 4) is 5.69 Å². The summed E-state index contributed by atoms with van der Waals surface area (Å²) in [6, 6.07) is 6.79. The number of ether oxygens (including phenoxy) is 1. The van der Waals surface area contributed by atoms with E-state index in [0.29, 0.717) is 5.56 Å². The number of nitrogens with zero attached hydrogens (tertiary/aromatic N) is 4. The number of hydrogen-bond donors (Lipinski definition) is 0. The molecule has 1 amide bonds. The van der Waals surface area contributed by atoms with Crippen molar-refractivity contribution >= 4 is 11.9 Å². The maximum absolute atomic E-state index is 12.2. The standard InChI is InChI=1S/C16H18N4O3/c1-12(15(21)19-8-2-3-9-19)23-16(22)13-4-6-14(7-5-13)20-11-17-10-18-20/h4-7,10-12H,2-3,8-9H2,1H3/t12-/m1/s1. The largest absolute Gasteiger partial charge is 0.449 e. The van der Waals surface area contributed by atoms with Crippen molar-refractivity contribution in [2.45, 2.75) is 25.9 Å². The highest BCUT2D eigenvalue weighted by atomic mass is 16.5. The third-order valence-corrected chi connectivity index (χ3v) is 3.84. The number of benzene rings is 1. The second-order valence-electron chi connectivity index (χ2n) is 5.47. The highest BCUT2D eigenvalue weighted by Gasteiger charge is 2.26. The minimum Gasteiger partial charge on any atom is -0.449 e. The van der Waals surface area contributed by atoms with Gasteiger partial charge in [-0.1, -0.05) is 0 Å². The van der Waals surface area contributed by atoms with Gasteiger partial charge in [-0.05, 0) is 44.0 Å². The Morgan fingerprint density at radius 2 is 1.87 bits per heavy atom. The minimum absolute atomic E-state index is 0.130. The van der Waals surface area contributed by atoms with Crippen molar-refractivity contribution in [1.82, 2.24) is 19.7 Å². The van der Waals surface area contributed by atoms with Crippen LogP contribution >= 0.6 is 0 Å². The fourth-order valence-corrected chi connectivity index (χ4v) is 2.57. The molecule has 3 rings (SSSR count). The maximum Gasteiger partial charge on any atom is 0.338 e. The Kier molecular flexibility index (Phi) is 4.36. The van der Waals surface area contributed by atoms with Gasteiger partial charge >= 0.3 is 5.97 Å². The van der Waals surface area contributed by atoms with Gasteiger partial charge in [0.15, 0.2) is 6.10 Å². The average molecular weight is 314 g/mol. The summed E-state index contributed by atoms with van der Waals surface area (Å²) in [7, 11) is 0. The van der Waals surface area contributed by atoms with E-state index in [-0.39, 0.29) is 5.91 Å². The number of carbonyl (C=O) groups is 2. The molecule has 0 spiro atoms. The zero-order valence-electron chi connectivity index (χ0n) is 12.9. The first-order valence-corrected chi connectivity index (χ1v) is 7.60. The zero-order valence-corrected chi connectivity index (χ0v) is 12.9. The molecule has 120 valence electrons. The number of rotatable bonds is 4. The summed E-state index contributed by atoms with van der Waals surface area (Å²) in [6.45, 7) is 3.10. The third-order valence-electron chi connectivity index (χ3n) is 3.84. The molecule has 1 aromatic carbocycles. The van der Waals surface area contributed by atoms with E-state index in [1.54, 1.807) is 47.1 Å². The molecule has 1 aliphatic rings. The second kappa shape index (κ2) is 6.60. The Balaban J connectivity index is 1.62. The van der Waals surface area contributed by atoms with E-state index in [2.05, 4.69) is 10.1 Å². The molecule has 0 N–H and O–H groups in total. The number of aromatic nitrogens is 3. The van der Waals surface area contributed by atoms with Crippen LogP contribution in [0.3, 0.4) is 0 Å². The molecule has 0 saturated carbocycles. The molecule has 7 heteroatoms. The molecule has 2 aromatic rings. The third kappa shape index (κ3) is 3.39. The van der Waals surface area contributed by atoms with Crippen LogP contribution in [-0.4, -0.2) is 50.7 Å². The predicted molar refractivity (Wildman–Crippen MR) is 82.1 cm³/mol. The fourth-order valence-electron chi connectivity index (χ4n) is 2.57. The molecule has 1 fully saturated rings. The van der Waals surface area contributed by atoms with Crippen molar-refractivity contribution in [3.63, 3.8) is 0 Å². The fraction of sp³-hybridized carbons (Fsp3) is 0.375. The van der Waals surface area contributed by atoms with Crippen LogP contribution in [0.25, 0.3) is 5.69 Å². The Bertz CT molecular complexity index is 676. The van der Waals surface area contributed by atoms with Crippen LogP contribution in [-0.2, 0) is 9.53 Å². The molecule has 1 aromatic heterocycles. The molecule has 0 radical (unpaired) electrons. The van der Waals surface area contributed by atoms with E-state index in [1.165, 1.54) is 6.33 Å². The van der Waals surface area contributed by atoms with Gasteiger partial charge in [-0.3, -0.25) is 4.79 Å². The lowest BCUT2D eigenvalue weighted by Crippen LogP contribution is -2.38. The van der Waals surface area contributed by atoms with Crippen LogP contribution in [0.5, 0.6) is 0 Å². The molecule has 7 nitrogen and oxygen atoms in total. The number of likely N-dealkylation sites (tertiary alicyclic amines) is 1. The topological polar surface area (TPSA) is 77.3 Å². The molecule has 0 unspecified atom stereocenters. The Hall–Kier alpha value is -2.70. The van der Waals surface area contributed by atoms with Gasteiger partial charge in [-0.25, -0.2) is 14.5 Å². The summed E-state index contributed by atoms with van der Waals surface area (Å²) in [5.74, 6) is -0.634. The van der Waals surface area contributed by atoms with Crippen molar-refractivity contribution in [1.29, 1.82) is 0 Å². The van der Waals surface area contributed by atoms with E-state index in [1.807, 2.05) is 0 Å². The summed E-state index contributed by atoms with van der Waals surface area (Å²) in [5.41, 5.74) is 1.19. The minimum atomic E-state index is -0.768. The maximum atomic E-state index is 12.2. The zero-order chi connectivity index (χ0) is 16.2. The SMILES string of the molecule is C[C@@H](OC(=O)c1ccc(-n2cncn2)cc1)C(=O)N1CCCC1. The highest BCUT2D eigenvalue weighted by Crippen LogP contribution is 2.13.